The first-order chi connectivity index (χ1) is 13.0. The first-order valence-electron chi connectivity index (χ1n) is 8.82. The van der Waals surface area contributed by atoms with Gasteiger partial charge in [-0.15, -0.1) is 0 Å². The molecule has 0 saturated heterocycles. The number of para-hydroxylation sites is 1. The maximum Gasteiger partial charge on any atom is 0.228 e. The Morgan fingerprint density at radius 3 is 2.48 bits per heavy atom. The molecule has 0 aromatic heterocycles. The van der Waals surface area contributed by atoms with Gasteiger partial charge in [0.1, 0.15) is 5.75 Å². The third kappa shape index (κ3) is 5.14. The van der Waals surface area contributed by atoms with Crippen molar-refractivity contribution in [3.63, 3.8) is 0 Å². The van der Waals surface area contributed by atoms with Gasteiger partial charge in [0.15, 0.2) is 0 Å². The number of methoxy groups -OCH3 is 1. The number of hydrogen-bond donors (Lipinski definition) is 1. The second-order valence-corrected chi connectivity index (χ2v) is 7.55. The molecule has 138 valence electrons. The highest BCUT2D eigenvalue weighted by Crippen LogP contribution is 2.31. The predicted octanol–water partition coefficient (Wildman–Crippen LogP) is 5.64. The number of benzene rings is 3. The van der Waals surface area contributed by atoms with E-state index in [4.69, 9.17) is 4.74 Å². The SMILES string of the molecule is COc1ccccc1CC(=O)Nc1ccc(Sc2cc(C)ccc2C)cc1. The fourth-order valence-corrected chi connectivity index (χ4v) is 3.78. The van der Waals surface area contributed by atoms with Crippen LogP contribution in [-0.4, -0.2) is 13.0 Å². The zero-order chi connectivity index (χ0) is 19.2. The summed E-state index contributed by atoms with van der Waals surface area (Å²) >= 11 is 1.73. The summed E-state index contributed by atoms with van der Waals surface area (Å²) in [5.74, 6) is 0.669. The Kier molecular flexibility index (Phi) is 6.20. The van der Waals surface area contributed by atoms with Crippen LogP contribution in [0.4, 0.5) is 5.69 Å². The minimum atomic E-state index is -0.0607. The molecular weight excluding hydrogens is 354 g/mol. The summed E-state index contributed by atoms with van der Waals surface area (Å²) in [6.45, 7) is 4.22. The van der Waals surface area contributed by atoms with Gasteiger partial charge < -0.3 is 10.1 Å². The Bertz CT molecular complexity index is 935. The Labute approximate surface area is 164 Å². The van der Waals surface area contributed by atoms with E-state index in [1.807, 2.05) is 48.5 Å². The third-order valence-corrected chi connectivity index (χ3v) is 5.42. The largest absolute Gasteiger partial charge is 0.496 e. The molecule has 0 heterocycles. The fourth-order valence-electron chi connectivity index (χ4n) is 2.78. The van der Waals surface area contributed by atoms with Crippen LogP contribution in [0, 0.1) is 13.8 Å². The quantitative estimate of drug-likeness (QED) is 0.604. The molecule has 0 saturated carbocycles. The highest BCUT2D eigenvalue weighted by Gasteiger charge is 2.09. The van der Waals surface area contributed by atoms with E-state index >= 15 is 0 Å². The number of amides is 1. The summed E-state index contributed by atoms with van der Waals surface area (Å²) in [4.78, 5) is 14.7. The van der Waals surface area contributed by atoms with Gasteiger partial charge >= 0.3 is 0 Å². The summed E-state index contributed by atoms with van der Waals surface area (Å²) < 4.78 is 5.30. The van der Waals surface area contributed by atoms with Crippen LogP contribution in [0.3, 0.4) is 0 Å². The first kappa shape index (κ1) is 19.1. The van der Waals surface area contributed by atoms with Crippen LogP contribution in [-0.2, 0) is 11.2 Å². The Morgan fingerprint density at radius 2 is 1.74 bits per heavy atom. The van der Waals surface area contributed by atoms with Gasteiger partial charge in [0.05, 0.1) is 13.5 Å². The van der Waals surface area contributed by atoms with Crippen LogP contribution in [0.15, 0.2) is 76.5 Å². The van der Waals surface area contributed by atoms with Crippen molar-refractivity contribution in [1.82, 2.24) is 0 Å². The highest BCUT2D eigenvalue weighted by molar-refractivity contribution is 7.99. The Morgan fingerprint density at radius 1 is 1.00 bits per heavy atom. The molecule has 0 aliphatic rings. The number of rotatable bonds is 6. The number of hydrogen-bond acceptors (Lipinski definition) is 3. The minimum Gasteiger partial charge on any atom is -0.496 e. The van der Waals surface area contributed by atoms with E-state index in [9.17, 15) is 4.79 Å². The normalized spacial score (nSPS) is 10.5. The van der Waals surface area contributed by atoms with Gasteiger partial charge in [-0.2, -0.15) is 0 Å². The number of carbonyl (C=O) groups is 1. The predicted molar refractivity (Wildman–Crippen MR) is 112 cm³/mol. The molecule has 0 atom stereocenters. The molecule has 27 heavy (non-hydrogen) atoms. The van der Waals surface area contributed by atoms with E-state index in [0.717, 1.165) is 21.9 Å². The van der Waals surface area contributed by atoms with Crippen LogP contribution in [0.1, 0.15) is 16.7 Å². The zero-order valence-corrected chi connectivity index (χ0v) is 16.6. The van der Waals surface area contributed by atoms with Gasteiger partial charge in [-0.25, -0.2) is 0 Å². The van der Waals surface area contributed by atoms with E-state index in [-0.39, 0.29) is 12.3 Å². The molecular formula is C23H23NO2S. The molecule has 3 aromatic carbocycles. The molecule has 0 spiro atoms. The molecule has 0 unspecified atom stereocenters. The summed E-state index contributed by atoms with van der Waals surface area (Å²) in [5, 5.41) is 2.95. The molecule has 0 bridgehead atoms. The molecule has 1 amide bonds. The van der Waals surface area contributed by atoms with Gasteiger partial charge in [0, 0.05) is 21.0 Å². The van der Waals surface area contributed by atoms with Crippen molar-refractivity contribution in [3.05, 3.63) is 83.4 Å². The van der Waals surface area contributed by atoms with E-state index < -0.39 is 0 Å². The van der Waals surface area contributed by atoms with Gasteiger partial charge in [-0.3, -0.25) is 4.79 Å². The zero-order valence-electron chi connectivity index (χ0n) is 15.8. The van der Waals surface area contributed by atoms with E-state index in [0.29, 0.717) is 0 Å². The number of ether oxygens (including phenoxy) is 1. The summed E-state index contributed by atoms with van der Waals surface area (Å²) in [6.07, 6.45) is 0.281. The van der Waals surface area contributed by atoms with Gasteiger partial charge in [-0.1, -0.05) is 42.1 Å². The maximum absolute atomic E-state index is 12.3. The Hall–Kier alpha value is -2.72. The average Bonchev–Trinajstić information content (AvgIpc) is 2.66. The summed E-state index contributed by atoms with van der Waals surface area (Å²) in [6, 6.07) is 22.0. The molecule has 0 aliphatic carbocycles. The van der Waals surface area contributed by atoms with Crippen molar-refractivity contribution >= 4 is 23.4 Å². The highest BCUT2D eigenvalue weighted by atomic mass is 32.2. The number of aryl methyl sites for hydroxylation is 2. The van der Waals surface area contributed by atoms with Gasteiger partial charge in [-0.05, 0) is 61.4 Å². The second kappa shape index (κ2) is 8.78. The lowest BCUT2D eigenvalue weighted by Gasteiger charge is -2.10. The lowest BCUT2D eigenvalue weighted by Crippen LogP contribution is -2.14. The molecule has 3 aromatic rings. The molecule has 0 radical (unpaired) electrons. The maximum atomic E-state index is 12.3. The van der Waals surface area contributed by atoms with Crippen molar-refractivity contribution in [2.75, 3.05) is 12.4 Å². The molecule has 3 nitrogen and oxygen atoms in total. The molecule has 3 rings (SSSR count). The van der Waals surface area contributed by atoms with Crippen molar-refractivity contribution in [3.8, 4) is 5.75 Å². The molecule has 1 N–H and O–H groups in total. The van der Waals surface area contributed by atoms with E-state index in [1.165, 1.54) is 16.0 Å². The fraction of sp³-hybridized carbons (Fsp3) is 0.174. The van der Waals surface area contributed by atoms with Crippen LogP contribution in [0.5, 0.6) is 5.75 Å². The Balaban J connectivity index is 1.63. The number of nitrogens with one attached hydrogen (secondary N) is 1. The average molecular weight is 378 g/mol. The summed E-state index contributed by atoms with van der Waals surface area (Å²) in [5.41, 5.74) is 4.18. The van der Waals surface area contributed by atoms with Crippen molar-refractivity contribution < 1.29 is 9.53 Å². The number of carbonyl (C=O) groups excluding carboxylic acids is 1. The molecule has 0 aliphatic heterocycles. The van der Waals surface area contributed by atoms with Crippen LogP contribution in [0.25, 0.3) is 0 Å². The smallest absolute Gasteiger partial charge is 0.228 e. The molecule has 0 fully saturated rings. The standard InChI is InChI=1S/C23H23NO2S/c1-16-8-9-17(2)22(14-16)27-20-12-10-19(11-13-20)24-23(25)15-18-6-4-5-7-21(18)26-3/h4-14H,15H2,1-3H3,(H,24,25). The summed E-state index contributed by atoms with van der Waals surface area (Å²) in [7, 11) is 1.61. The van der Waals surface area contributed by atoms with E-state index in [1.54, 1.807) is 18.9 Å². The number of anilines is 1. The lowest BCUT2D eigenvalue weighted by atomic mass is 10.1. The van der Waals surface area contributed by atoms with Crippen molar-refractivity contribution in [2.24, 2.45) is 0 Å². The van der Waals surface area contributed by atoms with Crippen LogP contribution >= 0.6 is 11.8 Å². The monoisotopic (exact) mass is 377 g/mol. The topological polar surface area (TPSA) is 38.3 Å². The third-order valence-electron chi connectivity index (χ3n) is 4.25. The van der Waals surface area contributed by atoms with Crippen molar-refractivity contribution in [1.29, 1.82) is 0 Å². The van der Waals surface area contributed by atoms with Gasteiger partial charge in [0.25, 0.3) is 0 Å². The van der Waals surface area contributed by atoms with E-state index in [2.05, 4.69) is 37.4 Å². The van der Waals surface area contributed by atoms with Crippen LogP contribution < -0.4 is 10.1 Å². The first-order valence-corrected chi connectivity index (χ1v) is 9.64. The minimum absolute atomic E-state index is 0.0607. The van der Waals surface area contributed by atoms with Crippen molar-refractivity contribution in [2.45, 2.75) is 30.1 Å². The molecule has 4 heteroatoms. The second-order valence-electron chi connectivity index (χ2n) is 6.43. The van der Waals surface area contributed by atoms with Crippen LogP contribution in [0.2, 0.25) is 0 Å². The lowest BCUT2D eigenvalue weighted by molar-refractivity contribution is -0.115. The van der Waals surface area contributed by atoms with Gasteiger partial charge in [0.2, 0.25) is 5.91 Å².